The number of aryl methyl sites for hydroxylation is 1. The fourth-order valence-corrected chi connectivity index (χ4v) is 2.38. The number of carbonyl (C=O) groups excluding carboxylic acids is 1. The van der Waals surface area contributed by atoms with E-state index < -0.39 is 0 Å². The zero-order valence-electron chi connectivity index (χ0n) is 12.8. The quantitative estimate of drug-likeness (QED) is 0.737. The van der Waals surface area contributed by atoms with Crippen LogP contribution in [0.4, 0.5) is 5.82 Å². The van der Waals surface area contributed by atoms with Crippen LogP contribution in [-0.4, -0.2) is 25.7 Å². The van der Waals surface area contributed by atoms with Crippen LogP contribution in [0.15, 0.2) is 33.4 Å². The van der Waals surface area contributed by atoms with Crippen LogP contribution >= 0.6 is 15.9 Å². The van der Waals surface area contributed by atoms with Gasteiger partial charge in [-0.2, -0.15) is 4.98 Å². The molecule has 0 aromatic carbocycles. The molecular weight excluding hydrogens is 362 g/mol. The summed E-state index contributed by atoms with van der Waals surface area (Å²) < 4.78 is 7.74. The van der Waals surface area contributed by atoms with Crippen molar-refractivity contribution >= 4 is 33.2 Å². The zero-order valence-corrected chi connectivity index (χ0v) is 14.4. The van der Waals surface area contributed by atoms with Gasteiger partial charge in [0.2, 0.25) is 11.8 Å². The highest BCUT2D eigenvalue weighted by Gasteiger charge is 2.12. The van der Waals surface area contributed by atoms with Crippen LogP contribution in [0.25, 0.3) is 5.52 Å². The van der Waals surface area contributed by atoms with Crippen molar-refractivity contribution in [3.8, 4) is 0 Å². The van der Waals surface area contributed by atoms with Crippen molar-refractivity contribution in [2.75, 3.05) is 5.32 Å². The third kappa shape index (κ3) is 3.76. The molecule has 3 aromatic rings. The molecule has 3 heterocycles. The van der Waals surface area contributed by atoms with E-state index in [9.17, 15) is 4.79 Å². The van der Waals surface area contributed by atoms with Crippen molar-refractivity contribution in [2.45, 2.75) is 32.6 Å². The molecule has 0 fully saturated rings. The van der Waals surface area contributed by atoms with E-state index in [-0.39, 0.29) is 18.2 Å². The largest absolute Gasteiger partial charge is 0.339 e. The first-order valence-corrected chi connectivity index (χ1v) is 8.08. The third-order valence-electron chi connectivity index (χ3n) is 3.26. The summed E-state index contributed by atoms with van der Waals surface area (Å²) >= 11 is 3.38. The number of halogens is 1. The van der Waals surface area contributed by atoms with Gasteiger partial charge in [-0.15, -0.1) is 5.10 Å². The lowest BCUT2D eigenvalue weighted by atomic mass is 10.2. The maximum absolute atomic E-state index is 12.0. The number of rotatable bonds is 5. The first kappa shape index (κ1) is 15.7. The van der Waals surface area contributed by atoms with E-state index in [0.717, 1.165) is 9.99 Å². The number of fused-ring (bicyclic) bond motifs is 1. The van der Waals surface area contributed by atoms with E-state index in [2.05, 4.69) is 36.5 Å². The van der Waals surface area contributed by atoms with Gasteiger partial charge in [0.05, 0.1) is 5.52 Å². The number of aromatic nitrogens is 4. The molecule has 0 saturated carbocycles. The standard InChI is InChI=1S/C15H16BrN5O2/c1-9(2)15-18-14(23-20-15)6-5-13(22)17-12-7-11-4-3-10(16)8-21(11)19-12/h3-4,7-9H,5-6H2,1-2H3,(H,17,19,22). The molecule has 7 nitrogen and oxygen atoms in total. The second-order valence-electron chi connectivity index (χ2n) is 5.50. The molecule has 0 aliphatic carbocycles. The molecular formula is C15H16BrN5O2. The highest BCUT2D eigenvalue weighted by molar-refractivity contribution is 9.10. The van der Waals surface area contributed by atoms with Crippen LogP contribution in [0, 0.1) is 0 Å². The molecule has 1 N–H and O–H groups in total. The van der Waals surface area contributed by atoms with Crippen LogP contribution in [0.5, 0.6) is 0 Å². The fraction of sp³-hybridized carbons (Fsp3) is 0.333. The summed E-state index contributed by atoms with van der Waals surface area (Å²) in [4.78, 5) is 16.3. The first-order chi connectivity index (χ1) is 11.0. The molecule has 0 aliphatic heterocycles. The molecule has 3 rings (SSSR count). The Morgan fingerprint density at radius 1 is 1.43 bits per heavy atom. The minimum atomic E-state index is -0.142. The van der Waals surface area contributed by atoms with Crippen molar-refractivity contribution in [2.24, 2.45) is 0 Å². The van der Waals surface area contributed by atoms with E-state index in [1.165, 1.54) is 0 Å². The maximum Gasteiger partial charge on any atom is 0.227 e. The van der Waals surface area contributed by atoms with Gasteiger partial charge in [0.15, 0.2) is 11.6 Å². The molecule has 0 atom stereocenters. The molecule has 120 valence electrons. The lowest BCUT2D eigenvalue weighted by Gasteiger charge is -1.99. The van der Waals surface area contributed by atoms with E-state index in [1.54, 1.807) is 4.52 Å². The zero-order chi connectivity index (χ0) is 16.4. The second-order valence-corrected chi connectivity index (χ2v) is 6.41. The Labute approximate surface area is 141 Å². The number of nitrogens with one attached hydrogen (secondary N) is 1. The SMILES string of the molecule is CC(C)c1noc(CCC(=O)Nc2cc3ccc(Br)cn3n2)n1. The number of pyridine rings is 1. The van der Waals surface area contributed by atoms with Gasteiger partial charge in [-0.25, -0.2) is 4.52 Å². The molecule has 0 unspecified atom stereocenters. The summed E-state index contributed by atoms with van der Waals surface area (Å²) in [7, 11) is 0. The average molecular weight is 378 g/mol. The second kappa shape index (κ2) is 6.49. The van der Waals surface area contributed by atoms with Crippen LogP contribution in [0.3, 0.4) is 0 Å². The maximum atomic E-state index is 12.0. The molecule has 0 aliphatic rings. The third-order valence-corrected chi connectivity index (χ3v) is 3.73. The summed E-state index contributed by atoms with van der Waals surface area (Å²) in [6, 6.07) is 5.65. The van der Waals surface area contributed by atoms with Crippen LogP contribution < -0.4 is 5.32 Å². The van der Waals surface area contributed by atoms with Crippen molar-refractivity contribution in [3.05, 3.63) is 40.6 Å². The number of amides is 1. The van der Waals surface area contributed by atoms with Gasteiger partial charge in [-0.05, 0) is 28.1 Å². The average Bonchev–Trinajstić information content (AvgIpc) is 3.10. The molecule has 0 radical (unpaired) electrons. The number of anilines is 1. The number of hydrogen-bond donors (Lipinski definition) is 1. The highest BCUT2D eigenvalue weighted by atomic mass is 79.9. The van der Waals surface area contributed by atoms with Crippen LogP contribution in [0.2, 0.25) is 0 Å². The predicted molar refractivity (Wildman–Crippen MR) is 88.2 cm³/mol. The summed E-state index contributed by atoms with van der Waals surface area (Å²) in [6.45, 7) is 3.98. The van der Waals surface area contributed by atoms with Gasteiger partial charge in [-0.3, -0.25) is 4.79 Å². The van der Waals surface area contributed by atoms with E-state index in [0.29, 0.717) is 24.0 Å². The Bertz CT molecular complexity index is 839. The Balaban J connectivity index is 1.59. The fourth-order valence-electron chi connectivity index (χ4n) is 2.05. The summed E-state index contributed by atoms with van der Waals surface area (Å²) in [6.07, 6.45) is 2.50. The van der Waals surface area contributed by atoms with Gasteiger partial charge in [0, 0.05) is 35.5 Å². The topological polar surface area (TPSA) is 85.3 Å². The summed E-state index contributed by atoms with van der Waals surface area (Å²) in [5.41, 5.74) is 0.905. The minimum Gasteiger partial charge on any atom is -0.339 e. The summed E-state index contributed by atoms with van der Waals surface area (Å²) in [5, 5.41) is 11.0. The molecule has 1 amide bonds. The monoisotopic (exact) mass is 377 g/mol. The Morgan fingerprint density at radius 2 is 2.26 bits per heavy atom. The van der Waals surface area contributed by atoms with Gasteiger partial charge >= 0.3 is 0 Å². The molecule has 3 aromatic heterocycles. The first-order valence-electron chi connectivity index (χ1n) is 7.28. The number of nitrogens with zero attached hydrogens (tertiary/aromatic N) is 4. The number of hydrogen-bond acceptors (Lipinski definition) is 5. The Kier molecular flexibility index (Phi) is 4.42. The molecule has 0 bridgehead atoms. The normalized spacial score (nSPS) is 11.3. The molecule has 0 spiro atoms. The minimum absolute atomic E-state index is 0.142. The molecule has 0 saturated heterocycles. The van der Waals surface area contributed by atoms with Crippen molar-refractivity contribution in [3.63, 3.8) is 0 Å². The van der Waals surface area contributed by atoms with E-state index in [4.69, 9.17) is 4.52 Å². The van der Waals surface area contributed by atoms with Gasteiger partial charge in [0.1, 0.15) is 0 Å². The predicted octanol–water partition coefficient (Wildman–Crippen LogP) is 3.17. The summed E-state index contributed by atoms with van der Waals surface area (Å²) in [5.74, 6) is 1.71. The van der Waals surface area contributed by atoms with E-state index in [1.807, 2.05) is 38.2 Å². The lowest BCUT2D eigenvalue weighted by Crippen LogP contribution is -2.12. The molecule has 23 heavy (non-hydrogen) atoms. The van der Waals surface area contributed by atoms with Crippen molar-refractivity contribution < 1.29 is 9.32 Å². The smallest absolute Gasteiger partial charge is 0.227 e. The Morgan fingerprint density at radius 3 is 3.00 bits per heavy atom. The van der Waals surface area contributed by atoms with Crippen LogP contribution in [-0.2, 0) is 11.2 Å². The van der Waals surface area contributed by atoms with Gasteiger partial charge in [0.25, 0.3) is 0 Å². The van der Waals surface area contributed by atoms with Gasteiger partial charge < -0.3 is 9.84 Å². The van der Waals surface area contributed by atoms with Gasteiger partial charge in [-0.1, -0.05) is 19.0 Å². The lowest BCUT2D eigenvalue weighted by molar-refractivity contribution is -0.116. The molecule has 8 heteroatoms. The van der Waals surface area contributed by atoms with Crippen molar-refractivity contribution in [1.29, 1.82) is 0 Å². The Hall–Kier alpha value is -2.22. The highest BCUT2D eigenvalue weighted by Crippen LogP contribution is 2.16. The van der Waals surface area contributed by atoms with Crippen molar-refractivity contribution in [1.82, 2.24) is 19.8 Å². The van der Waals surface area contributed by atoms with Crippen LogP contribution in [0.1, 0.15) is 37.9 Å². The number of carbonyl (C=O) groups is 1. The van der Waals surface area contributed by atoms with E-state index >= 15 is 0 Å².